The first-order valence-electron chi connectivity index (χ1n) is 13.3. The van der Waals surface area contributed by atoms with Crippen LogP contribution in [0, 0.1) is 6.92 Å². The minimum Gasteiger partial charge on any atom is -0.489 e. The van der Waals surface area contributed by atoms with Crippen molar-refractivity contribution in [3.63, 3.8) is 0 Å². The van der Waals surface area contributed by atoms with Crippen molar-refractivity contribution in [3.05, 3.63) is 101 Å². The highest BCUT2D eigenvalue weighted by Crippen LogP contribution is 2.40. The zero-order valence-electron chi connectivity index (χ0n) is 21.9. The van der Waals surface area contributed by atoms with Gasteiger partial charge in [-0.2, -0.15) is 0 Å². The van der Waals surface area contributed by atoms with Crippen LogP contribution in [0.5, 0.6) is 11.5 Å². The van der Waals surface area contributed by atoms with E-state index >= 15 is 0 Å². The highest BCUT2D eigenvalue weighted by atomic mass is 16.5. The molecule has 2 aliphatic rings. The van der Waals surface area contributed by atoms with Crippen LogP contribution in [0.3, 0.4) is 0 Å². The number of benzene rings is 3. The number of hydrogen-bond donors (Lipinski definition) is 1. The first-order valence-corrected chi connectivity index (χ1v) is 13.3. The monoisotopic (exact) mass is 513 g/mol. The van der Waals surface area contributed by atoms with Crippen LogP contribution in [-0.2, 0) is 16.1 Å². The summed E-state index contributed by atoms with van der Waals surface area (Å²) in [5.74, 6) is 0.987. The summed E-state index contributed by atoms with van der Waals surface area (Å²) in [7, 11) is 0. The molecule has 0 unspecified atom stereocenters. The van der Waals surface area contributed by atoms with Crippen molar-refractivity contribution in [3.8, 4) is 11.5 Å². The summed E-state index contributed by atoms with van der Waals surface area (Å²) in [5.41, 5.74) is 7.03. The number of ether oxygens (including phenoxy) is 3. The maximum absolute atomic E-state index is 10.8. The summed E-state index contributed by atoms with van der Waals surface area (Å²) in [6, 6.07) is 23.2. The Morgan fingerprint density at radius 2 is 1.66 bits per heavy atom. The molecule has 2 fully saturated rings. The second-order valence-corrected chi connectivity index (χ2v) is 10.0. The fraction of sp³-hybridized carbons (Fsp3) is 0.344. The van der Waals surface area contributed by atoms with Crippen molar-refractivity contribution in [2.24, 2.45) is 0 Å². The summed E-state index contributed by atoms with van der Waals surface area (Å²) in [6.07, 6.45) is 4.72. The van der Waals surface area contributed by atoms with E-state index in [4.69, 9.17) is 19.3 Å². The zero-order chi connectivity index (χ0) is 26.3. The minimum absolute atomic E-state index is 0.363. The van der Waals surface area contributed by atoms with E-state index in [1.807, 2.05) is 19.1 Å². The van der Waals surface area contributed by atoms with Gasteiger partial charge in [0.1, 0.15) is 18.1 Å². The highest BCUT2D eigenvalue weighted by Gasteiger charge is 2.23. The fourth-order valence-corrected chi connectivity index (χ4v) is 4.80. The molecule has 0 amide bonds. The average Bonchev–Trinajstić information content (AvgIpc) is 3.78. The van der Waals surface area contributed by atoms with Gasteiger partial charge >= 0.3 is 5.97 Å². The Morgan fingerprint density at radius 3 is 2.29 bits per heavy atom. The molecule has 0 spiro atoms. The number of carboxylic acid groups (broad SMARTS) is 1. The molecule has 198 valence electrons. The number of aryl methyl sites for hydroxylation is 1. The molecule has 6 nitrogen and oxygen atoms in total. The van der Waals surface area contributed by atoms with Gasteiger partial charge in [-0.3, -0.25) is 4.90 Å². The Kier molecular flexibility index (Phi) is 8.41. The SMILES string of the molecule is Cc1cc(OC/C=C(\c2ccc(CN3CCOCC3)cc2)c2ccc(C3CC3)cc2)ccc1OCC(=O)O. The van der Waals surface area contributed by atoms with Gasteiger partial charge in [-0.1, -0.05) is 48.5 Å². The van der Waals surface area contributed by atoms with Crippen LogP contribution in [0.1, 0.15) is 46.6 Å². The van der Waals surface area contributed by atoms with Crippen molar-refractivity contribution in [2.75, 3.05) is 39.5 Å². The van der Waals surface area contributed by atoms with Crippen molar-refractivity contribution < 1.29 is 24.1 Å². The maximum atomic E-state index is 10.8. The number of rotatable bonds is 11. The van der Waals surface area contributed by atoms with Gasteiger partial charge in [0.25, 0.3) is 0 Å². The molecular formula is C32H35NO5. The van der Waals surface area contributed by atoms with Crippen LogP contribution < -0.4 is 9.47 Å². The van der Waals surface area contributed by atoms with Crippen molar-refractivity contribution in [1.29, 1.82) is 0 Å². The second-order valence-electron chi connectivity index (χ2n) is 10.0. The Morgan fingerprint density at radius 1 is 0.974 bits per heavy atom. The molecule has 0 atom stereocenters. The molecule has 0 radical (unpaired) electrons. The smallest absolute Gasteiger partial charge is 0.341 e. The Labute approximate surface area is 224 Å². The van der Waals surface area contributed by atoms with Gasteiger partial charge in [-0.15, -0.1) is 0 Å². The first-order chi connectivity index (χ1) is 18.5. The number of hydrogen-bond acceptors (Lipinski definition) is 5. The quantitative estimate of drug-likeness (QED) is 0.356. The van der Waals surface area contributed by atoms with Gasteiger partial charge < -0.3 is 19.3 Å². The van der Waals surface area contributed by atoms with E-state index in [9.17, 15) is 4.79 Å². The molecule has 1 saturated heterocycles. The van der Waals surface area contributed by atoms with Crippen LogP contribution >= 0.6 is 0 Å². The minimum atomic E-state index is -0.998. The zero-order valence-corrected chi connectivity index (χ0v) is 21.9. The number of aliphatic carboxylic acids is 1. The molecular weight excluding hydrogens is 478 g/mol. The summed E-state index contributed by atoms with van der Waals surface area (Å²) in [4.78, 5) is 13.2. The summed E-state index contributed by atoms with van der Waals surface area (Å²) < 4.78 is 16.9. The van der Waals surface area contributed by atoms with Gasteiger partial charge in [0.05, 0.1) is 13.2 Å². The number of carbonyl (C=O) groups is 1. The Balaban J connectivity index is 1.31. The fourth-order valence-electron chi connectivity index (χ4n) is 4.80. The van der Waals surface area contributed by atoms with Crippen molar-refractivity contribution in [1.82, 2.24) is 4.90 Å². The Hall–Kier alpha value is -3.61. The lowest BCUT2D eigenvalue weighted by molar-refractivity contribution is -0.139. The first kappa shape index (κ1) is 26.0. The molecule has 1 N–H and O–H groups in total. The summed E-state index contributed by atoms with van der Waals surface area (Å²) in [5, 5.41) is 8.85. The predicted octanol–water partition coefficient (Wildman–Crippen LogP) is 5.68. The second kappa shape index (κ2) is 12.3. The van der Waals surface area contributed by atoms with Gasteiger partial charge in [-0.25, -0.2) is 4.79 Å². The van der Waals surface area contributed by atoms with E-state index in [0.717, 1.165) is 55.5 Å². The predicted molar refractivity (Wildman–Crippen MR) is 148 cm³/mol. The van der Waals surface area contributed by atoms with Crippen molar-refractivity contribution >= 4 is 11.5 Å². The van der Waals surface area contributed by atoms with Crippen molar-refractivity contribution in [2.45, 2.75) is 32.2 Å². The third-order valence-electron chi connectivity index (χ3n) is 7.08. The third kappa shape index (κ3) is 7.03. The van der Waals surface area contributed by atoms with Gasteiger partial charge in [-0.05, 0) is 83.3 Å². The lowest BCUT2D eigenvalue weighted by atomic mass is 9.95. The standard InChI is InChI=1S/C32H35NO5/c1-23-20-29(12-13-31(23)38-22-32(34)35)37-17-14-30(28-10-8-26(9-11-28)25-6-7-25)27-4-2-24(3-5-27)21-33-15-18-36-19-16-33/h2-5,8-14,20,25H,6-7,15-19,21-22H2,1H3,(H,34,35)/b30-14+. The molecule has 1 heterocycles. The molecule has 3 aromatic rings. The lowest BCUT2D eigenvalue weighted by Gasteiger charge is -2.26. The largest absolute Gasteiger partial charge is 0.489 e. The topological polar surface area (TPSA) is 68.2 Å². The van der Waals surface area contributed by atoms with Crippen LogP contribution in [0.4, 0.5) is 0 Å². The van der Waals surface area contributed by atoms with Gasteiger partial charge in [0.2, 0.25) is 0 Å². The number of morpholine rings is 1. The van der Waals surface area contributed by atoms with Crippen LogP contribution in [-0.4, -0.2) is 55.5 Å². The molecule has 0 aromatic heterocycles. The van der Waals surface area contributed by atoms with E-state index in [1.165, 1.54) is 29.5 Å². The molecule has 38 heavy (non-hydrogen) atoms. The van der Waals surface area contributed by atoms with Gasteiger partial charge in [0, 0.05) is 19.6 Å². The highest BCUT2D eigenvalue weighted by molar-refractivity contribution is 5.80. The van der Waals surface area contributed by atoms with E-state index in [1.54, 1.807) is 6.07 Å². The molecule has 0 bridgehead atoms. The van der Waals surface area contributed by atoms with E-state index in [-0.39, 0.29) is 6.61 Å². The molecule has 3 aromatic carbocycles. The third-order valence-corrected chi connectivity index (χ3v) is 7.08. The molecule has 1 aliphatic heterocycles. The van der Waals surface area contributed by atoms with E-state index < -0.39 is 5.97 Å². The number of nitrogens with zero attached hydrogens (tertiary/aromatic N) is 1. The van der Waals surface area contributed by atoms with Crippen LogP contribution in [0.2, 0.25) is 0 Å². The average molecular weight is 514 g/mol. The molecule has 6 heteroatoms. The van der Waals surface area contributed by atoms with E-state index in [2.05, 4.69) is 59.5 Å². The normalized spacial score (nSPS) is 16.3. The van der Waals surface area contributed by atoms with Crippen LogP contribution in [0.25, 0.3) is 5.57 Å². The van der Waals surface area contributed by atoms with Crippen LogP contribution in [0.15, 0.2) is 72.8 Å². The molecule has 5 rings (SSSR count). The number of carboxylic acids is 1. The summed E-state index contributed by atoms with van der Waals surface area (Å²) in [6.45, 7) is 6.42. The molecule has 1 aliphatic carbocycles. The summed E-state index contributed by atoms with van der Waals surface area (Å²) >= 11 is 0. The Bertz CT molecular complexity index is 1260. The van der Waals surface area contributed by atoms with Gasteiger partial charge in [0.15, 0.2) is 6.61 Å². The van der Waals surface area contributed by atoms with E-state index in [0.29, 0.717) is 18.1 Å². The lowest BCUT2D eigenvalue weighted by Crippen LogP contribution is -2.35. The maximum Gasteiger partial charge on any atom is 0.341 e. The molecule has 1 saturated carbocycles.